The molecule has 1 aliphatic rings. The zero-order valence-electron chi connectivity index (χ0n) is 17.5. The number of aromatic nitrogens is 4. The molecular formula is C21H23N5O3S2. The molecule has 1 amide bonds. The van der Waals surface area contributed by atoms with E-state index in [2.05, 4.69) is 28.5 Å². The van der Waals surface area contributed by atoms with Gasteiger partial charge in [-0.2, -0.15) is 4.68 Å². The zero-order valence-corrected chi connectivity index (χ0v) is 19.2. The summed E-state index contributed by atoms with van der Waals surface area (Å²) in [6, 6.07) is 13.5. The number of fused-ring (bicyclic) bond motifs is 1. The van der Waals surface area contributed by atoms with Crippen LogP contribution in [0.3, 0.4) is 0 Å². The second kappa shape index (κ2) is 9.61. The smallest absolute Gasteiger partial charge is 0.237 e. The Morgan fingerprint density at radius 1 is 1.19 bits per heavy atom. The number of ether oxygens (including phenoxy) is 2. The number of carbonyl (C=O) groups excluding carboxylic acids is 1. The van der Waals surface area contributed by atoms with Crippen LogP contribution in [0.15, 0.2) is 52.5 Å². The summed E-state index contributed by atoms with van der Waals surface area (Å²) in [5, 5.41) is 13.0. The highest BCUT2D eigenvalue weighted by atomic mass is 32.2. The highest BCUT2D eigenvalue weighted by Gasteiger charge is 2.25. The van der Waals surface area contributed by atoms with E-state index in [4.69, 9.17) is 9.47 Å². The molecule has 2 heterocycles. The summed E-state index contributed by atoms with van der Waals surface area (Å²) in [4.78, 5) is 16.2. The fourth-order valence-electron chi connectivity index (χ4n) is 3.33. The Labute approximate surface area is 189 Å². The van der Waals surface area contributed by atoms with E-state index in [0.29, 0.717) is 34.1 Å². The van der Waals surface area contributed by atoms with Crippen LogP contribution in [0.1, 0.15) is 13.3 Å². The molecule has 3 aromatic rings. The Bertz CT molecular complexity index is 1070. The monoisotopic (exact) mass is 457 g/mol. The van der Waals surface area contributed by atoms with E-state index in [-0.39, 0.29) is 11.7 Å². The van der Waals surface area contributed by atoms with Crippen LogP contribution in [0.5, 0.6) is 11.5 Å². The molecule has 1 aromatic heterocycles. The third-order valence-corrected chi connectivity index (χ3v) is 7.07. The van der Waals surface area contributed by atoms with Crippen LogP contribution in [0.4, 0.5) is 5.69 Å². The van der Waals surface area contributed by atoms with Crippen LogP contribution in [0.25, 0.3) is 5.69 Å². The molecule has 0 aliphatic carbocycles. The third kappa shape index (κ3) is 4.64. The zero-order chi connectivity index (χ0) is 21.8. The molecule has 0 radical (unpaired) electrons. The van der Waals surface area contributed by atoms with Crippen molar-refractivity contribution in [3.05, 3.63) is 42.5 Å². The lowest BCUT2D eigenvalue weighted by molar-refractivity contribution is -0.116. The Balaban J connectivity index is 1.54. The van der Waals surface area contributed by atoms with Crippen LogP contribution in [0.2, 0.25) is 0 Å². The molecule has 10 heteroatoms. The lowest BCUT2D eigenvalue weighted by Gasteiger charge is -2.22. The molecule has 2 aromatic carbocycles. The van der Waals surface area contributed by atoms with Gasteiger partial charge in [-0.25, -0.2) is 0 Å². The second-order valence-corrected chi connectivity index (χ2v) is 9.35. The van der Waals surface area contributed by atoms with Crippen molar-refractivity contribution < 1.29 is 14.3 Å². The van der Waals surface area contributed by atoms with Gasteiger partial charge in [0, 0.05) is 22.8 Å². The Kier molecular flexibility index (Phi) is 6.67. The molecule has 0 N–H and O–H groups in total. The van der Waals surface area contributed by atoms with E-state index >= 15 is 0 Å². The predicted octanol–water partition coefficient (Wildman–Crippen LogP) is 3.69. The van der Waals surface area contributed by atoms with E-state index in [1.165, 1.54) is 11.8 Å². The average Bonchev–Trinajstić information content (AvgIpc) is 3.19. The predicted molar refractivity (Wildman–Crippen MR) is 122 cm³/mol. The first-order chi connectivity index (χ1) is 15.1. The molecule has 162 valence electrons. The number of tetrazole rings is 1. The third-order valence-electron chi connectivity index (χ3n) is 4.92. The van der Waals surface area contributed by atoms with Crippen LogP contribution < -0.4 is 14.4 Å². The average molecular weight is 458 g/mol. The second-order valence-electron chi connectivity index (χ2n) is 6.93. The number of amides is 1. The van der Waals surface area contributed by atoms with Crippen molar-refractivity contribution in [3.63, 3.8) is 0 Å². The van der Waals surface area contributed by atoms with E-state index < -0.39 is 0 Å². The first-order valence-electron chi connectivity index (χ1n) is 9.80. The number of carbonyl (C=O) groups is 1. The van der Waals surface area contributed by atoms with Crippen molar-refractivity contribution in [1.82, 2.24) is 20.2 Å². The summed E-state index contributed by atoms with van der Waals surface area (Å²) in [6.07, 6.45) is 0.939. The Hall–Kier alpha value is -2.72. The van der Waals surface area contributed by atoms with Gasteiger partial charge in [0.15, 0.2) is 0 Å². The van der Waals surface area contributed by atoms with Crippen LogP contribution >= 0.6 is 23.5 Å². The molecular weight excluding hydrogens is 434 g/mol. The number of hydrogen-bond acceptors (Lipinski definition) is 8. The van der Waals surface area contributed by atoms with Gasteiger partial charge in [0.2, 0.25) is 11.1 Å². The van der Waals surface area contributed by atoms with E-state index in [1.807, 2.05) is 34.9 Å². The van der Waals surface area contributed by atoms with Crippen LogP contribution in [0, 0.1) is 0 Å². The number of para-hydroxylation sites is 1. The van der Waals surface area contributed by atoms with Crippen LogP contribution in [-0.4, -0.2) is 57.9 Å². The van der Waals surface area contributed by atoms with Gasteiger partial charge < -0.3 is 14.4 Å². The van der Waals surface area contributed by atoms with Crippen molar-refractivity contribution in [2.24, 2.45) is 0 Å². The van der Waals surface area contributed by atoms with E-state index in [9.17, 15) is 4.79 Å². The maximum atomic E-state index is 13.2. The van der Waals surface area contributed by atoms with E-state index in [0.717, 1.165) is 17.0 Å². The maximum absolute atomic E-state index is 13.2. The van der Waals surface area contributed by atoms with Gasteiger partial charge in [-0.1, -0.05) is 30.8 Å². The maximum Gasteiger partial charge on any atom is 0.237 e. The standard InChI is InChI=1S/C21H23N5O3S2/c1-14-10-11-25(16-6-4-5-7-19(16)31-14)20(27)13-30-21-22-23-24-26(21)17-12-15(28-2)8-9-18(17)29-3/h4-9,12,14H,10-11,13H2,1-3H3. The van der Waals surface area contributed by atoms with Gasteiger partial charge in [-0.3, -0.25) is 4.79 Å². The Morgan fingerprint density at radius 2 is 2.03 bits per heavy atom. The lowest BCUT2D eigenvalue weighted by atomic mass is 10.2. The summed E-state index contributed by atoms with van der Waals surface area (Å²) in [6.45, 7) is 2.89. The Morgan fingerprint density at radius 3 is 2.84 bits per heavy atom. The molecule has 31 heavy (non-hydrogen) atoms. The van der Waals surface area contributed by atoms with Crippen molar-refractivity contribution in [2.75, 3.05) is 31.4 Å². The number of benzene rings is 2. The molecule has 4 rings (SSSR count). The minimum atomic E-state index is 0.0271. The van der Waals surface area contributed by atoms with Gasteiger partial charge in [0.25, 0.3) is 0 Å². The fourth-order valence-corrected chi connectivity index (χ4v) is 5.21. The minimum absolute atomic E-state index is 0.0271. The molecule has 8 nitrogen and oxygen atoms in total. The lowest BCUT2D eigenvalue weighted by Crippen LogP contribution is -2.33. The number of rotatable bonds is 6. The van der Waals surface area contributed by atoms with Gasteiger partial charge in [-0.05, 0) is 41.1 Å². The van der Waals surface area contributed by atoms with Gasteiger partial charge >= 0.3 is 0 Å². The normalized spacial score (nSPS) is 15.8. The van der Waals surface area contributed by atoms with Gasteiger partial charge in [-0.15, -0.1) is 16.9 Å². The largest absolute Gasteiger partial charge is 0.497 e. The van der Waals surface area contributed by atoms with Gasteiger partial charge in [0.1, 0.15) is 17.2 Å². The quantitative estimate of drug-likeness (QED) is 0.519. The number of thioether (sulfide) groups is 2. The summed E-state index contributed by atoms with van der Waals surface area (Å²) >= 11 is 3.11. The topological polar surface area (TPSA) is 82.4 Å². The first-order valence-corrected chi connectivity index (χ1v) is 11.7. The SMILES string of the molecule is COc1ccc(OC)c(-n2nnnc2SCC(=O)N2CCC(C)Sc3ccccc32)c1. The highest BCUT2D eigenvalue weighted by Crippen LogP contribution is 2.37. The molecule has 0 saturated heterocycles. The van der Waals surface area contributed by atoms with Crippen LogP contribution in [-0.2, 0) is 4.79 Å². The molecule has 0 spiro atoms. The molecule has 1 aliphatic heterocycles. The summed E-state index contributed by atoms with van der Waals surface area (Å²) in [5.74, 6) is 1.51. The van der Waals surface area contributed by atoms with Crippen molar-refractivity contribution >= 4 is 35.1 Å². The van der Waals surface area contributed by atoms with Gasteiger partial charge in [0.05, 0.1) is 25.7 Å². The molecule has 0 saturated carbocycles. The molecule has 1 atom stereocenters. The summed E-state index contributed by atoms with van der Waals surface area (Å²) in [7, 11) is 3.18. The number of hydrogen-bond donors (Lipinski definition) is 0. The summed E-state index contributed by atoms with van der Waals surface area (Å²) < 4.78 is 12.3. The van der Waals surface area contributed by atoms with E-state index in [1.54, 1.807) is 37.1 Å². The number of anilines is 1. The molecule has 0 bridgehead atoms. The number of methoxy groups -OCH3 is 2. The van der Waals surface area contributed by atoms with Crippen molar-refractivity contribution in [1.29, 1.82) is 0 Å². The first kappa shape index (κ1) is 21.5. The highest BCUT2D eigenvalue weighted by molar-refractivity contribution is 8.00. The van der Waals surface area contributed by atoms with Crippen molar-refractivity contribution in [2.45, 2.75) is 28.6 Å². The molecule has 0 fully saturated rings. The number of nitrogens with zero attached hydrogens (tertiary/aromatic N) is 5. The molecule has 1 unspecified atom stereocenters. The summed E-state index contributed by atoms with van der Waals surface area (Å²) in [5.41, 5.74) is 1.61. The fraction of sp³-hybridized carbons (Fsp3) is 0.333. The van der Waals surface area contributed by atoms with Crippen molar-refractivity contribution in [3.8, 4) is 17.2 Å². The minimum Gasteiger partial charge on any atom is -0.497 e.